The standard InChI is InChI=1S/C18H19ClN4O/c19-14-1-2-16-15(11-14)17(24)22-18(21-16)5-9-23(10-6-18)12-13-3-7-20-8-4-13/h1-4,7-8,11,21H,5-6,9-10,12H2,(H,22,24). The van der Waals surface area contributed by atoms with E-state index in [4.69, 9.17) is 11.6 Å². The predicted octanol–water partition coefficient (Wildman–Crippen LogP) is 2.88. The Kier molecular flexibility index (Phi) is 3.90. The van der Waals surface area contributed by atoms with Crippen LogP contribution in [0.4, 0.5) is 5.69 Å². The Balaban J connectivity index is 1.45. The van der Waals surface area contributed by atoms with Crippen LogP contribution in [0.1, 0.15) is 28.8 Å². The third-order valence-corrected chi connectivity index (χ3v) is 5.05. The molecule has 2 aliphatic rings. The molecule has 0 bridgehead atoms. The van der Waals surface area contributed by atoms with Gasteiger partial charge in [-0.25, -0.2) is 0 Å². The molecule has 3 heterocycles. The summed E-state index contributed by atoms with van der Waals surface area (Å²) in [4.78, 5) is 18.9. The first-order chi connectivity index (χ1) is 11.6. The van der Waals surface area contributed by atoms with Gasteiger partial charge in [0.15, 0.2) is 0 Å². The minimum Gasteiger partial charge on any atom is -0.362 e. The van der Waals surface area contributed by atoms with Crippen molar-refractivity contribution >= 4 is 23.2 Å². The fraction of sp³-hybridized carbons (Fsp3) is 0.333. The molecule has 124 valence electrons. The number of nitrogens with zero attached hydrogens (tertiary/aromatic N) is 2. The number of hydrogen-bond acceptors (Lipinski definition) is 4. The number of carbonyl (C=O) groups excluding carboxylic acids is 1. The van der Waals surface area contributed by atoms with Crippen molar-refractivity contribution < 1.29 is 4.79 Å². The highest BCUT2D eigenvalue weighted by molar-refractivity contribution is 6.31. The second-order valence-corrected chi connectivity index (χ2v) is 6.92. The molecule has 0 aliphatic carbocycles. The molecule has 5 nitrogen and oxygen atoms in total. The molecule has 1 spiro atoms. The highest BCUT2D eigenvalue weighted by Crippen LogP contribution is 2.32. The second kappa shape index (κ2) is 6.07. The molecule has 0 saturated carbocycles. The average Bonchev–Trinajstić information content (AvgIpc) is 2.59. The fourth-order valence-corrected chi connectivity index (χ4v) is 3.65. The maximum Gasteiger partial charge on any atom is 0.255 e. The molecule has 4 rings (SSSR count). The summed E-state index contributed by atoms with van der Waals surface area (Å²) in [6.45, 7) is 2.77. The molecule has 0 atom stereocenters. The van der Waals surface area contributed by atoms with E-state index in [0.717, 1.165) is 38.2 Å². The Bertz CT molecular complexity index is 757. The van der Waals surface area contributed by atoms with Crippen molar-refractivity contribution in [3.63, 3.8) is 0 Å². The smallest absolute Gasteiger partial charge is 0.255 e. The van der Waals surface area contributed by atoms with Crippen molar-refractivity contribution in [2.45, 2.75) is 25.0 Å². The normalized spacial score (nSPS) is 19.5. The molecule has 1 fully saturated rings. The van der Waals surface area contributed by atoms with Crippen LogP contribution in [0.5, 0.6) is 0 Å². The van der Waals surface area contributed by atoms with E-state index >= 15 is 0 Å². The van der Waals surface area contributed by atoms with Gasteiger partial charge in [-0.05, 0) is 35.9 Å². The van der Waals surface area contributed by atoms with E-state index in [1.165, 1.54) is 5.56 Å². The monoisotopic (exact) mass is 342 g/mol. The third kappa shape index (κ3) is 2.97. The van der Waals surface area contributed by atoms with Crippen molar-refractivity contribution in [2.75, 3.05) is 18.4 Å². The van der Waals surface area contributed by atoms with Gasteiger partial charge in [0.25, 0.3) is 5.91 Å². The van der Waals surface area contributed by atoms with E-state index in [1.54, 1.807) is 6.07 Å². The van der Waals surface area contributed by atoms with Gasteiger partial charge in [-0.2, -0.15) is 0 Å². The Morgan fingerprint density at radius 1 is 1.12 bits per heavy atom. The van der Waals surface area contributed by atoms with Gasteiger partial charge in [-0.3, -0.25) is 14.7 Å². The van der Waals surface area contributed by atoms with Crippen LogP contribution in [-0.4, -0.2) is 34.5 Å². The molecule has 0 radical (unpaired) electrons. The van der Waals surface area contributed by atoms with Crippen LogP contribution in [0, 0.1) is 0 Å². The number of hydrogen-bond donors (Lipinski definition) is 2. The molecular formula is C18H19ClN4O. The molecule has 24 heavy (non-hydrogen) atoms. The van der Waals surface area contributed by atoms with Crippen LogP contribution in [0.15, 0.2) is 42.7 Å². The Labute approximate surface area is 146 Å². The van der Waals surface area contributed by atoms with Gasteiger partial charge >= 0.3 is 0 Å². The molecule has 2 aromatic rings. The number of rotatable bonds is 2. The first-order valence-electron chi connectivity index (χ1n) is 8.15. The predicted molar refractivity (Wildman–Crippen MR) is 94.0 cm³/mol. The SMILES string of the molecule is O=C1NC2(CCN(Cc3ccncc3)CC2)Nc2ccc(Cl)cc21. The summed E-state index contributed by atoms with van der Waals surface area (Å²) in [6, 6.07) is 9.51. The minimum absolute atomic E-state index is 0.0474. The first-order valence-corrected chi connectivity index (χ1v) is 8.53. The molecule has 1 aromatic heterocycles. The number of piperidine rings is 1. The van der Waals surface area contributed by atoms with Crippen LogP contribution < -0.4 is 10.6 Å². The van der Waals surface area contributed by atoms with Gasteiger partial charge in [0.1, 0.15) is 5.66 Å². The van der Waals surface area contributed by atoms with Crippen molar-refractivity contribution in [2.24, 2.45) is 0 Å². The zero-order valence-corrected chi connectivity index (χ0v) is 14.0. The lowest BCUT2D eigenvalue weighted by Crippen LogP contribution is -2.62. The molecule has 2 aliphatic heterocycles. The summed E-state index contributed by atoms with van der Waals surface area (Å²) in [5.74, 6) is -0.0474. The van der Waals surface area contributed by atoms with E-state index in [2.05, 4.69) is 20.5 Å². The van der Waals surface area contributed by atoms with Gasteiger partial charge in [0, 0.05) is 55.6 Å². The maximum absolute atomic E-state index is 12.5. The van der Waals surface area contributed by atoms with E-state index in [0.29, 0.717) is 10.6 Å². The number of anilines is 1. The summed E-state index contributed by atoms with van der Waals surface area (Å²) < 4.78 is 0. The van der Waals surface area contributed by atoms with Crippen LogP contribution in [-0.2, 0) is 6.54 Å². The van der Waals surface area contributed by atoms with E-state index in [1.807, 2.05) is 36.7 Å². The number of aromatic nitrogens is 1. The molecule has 1 aromatic carbocycles. The van der Waals surface area contributed by atoms with Crippen LogP contribution in [0.2, 0.25) is 5.02 Å². The molecule has 2 N–H and O–H groups in total. The number of fused-ring (bicyclic) bond motifs is 1. The van der Waals surface area contributed by atoms with Crippen molar-refractivity contribution in [1.82, 2.24) is 15.2 Å². The highest BCUT2D eigenvalue weighted by Gasteiger charge is 2.40. The number of carbonyl (C=O) groups is 1. The Morgan fingerprint density at radius 2 is 1.88 bits per heavy atom. The molecule has 1 saturated heterocycles. The Hall–Kier alpha value is -2.11. The number of pyridine rings is 1. The molecule has 1 amide bonds. The van der Waals surface area contributed by atoms with Gasteiger partial charge < -0.3 is 10.6 Å². The zero-order chi connectivity index (χ0) is 16.6. The van der Waals surface area contributed by atoms with Crippen LogP contribution >= 0.6 is 11.6 Å². The highest BCUT2D eigenvalue weighted by atomic mass is 35.5. The van der Waals surface area contributed by atoms with Crippen LogP contribution in [0.3, 0.4) is 0 Å². The topological polar surface area (TPSA) is 57.3 Å². The second-order valence-electron chi connectivity index (χ2n) is 6.48. The number of halogens is 1. The van der Waals surface area contributed by atoms with Crippen molar-refractivity contribution in [3.05, 3.63) is 58.9 Å². The van der Waals surface area contributed by atoms with Crippen molar-refractivity contribution in [3.8, 4) is 0 Å². The largest absolute Gasteiger partial charge is 0.362 e. The number of benzene rings is 1. The number of nitrogens with one attached hydrogen (secondary N) is 2. The summed E-state index contributed by atoms with van der Waals surface area (Å²) in [7, 11) is 0. The van der Waals surface area contributed by atoms with Crippen molar-refractivity contribution in [1.29, 1.82) is 0 Å². The summed E-state index contributed by atoms with van der Waals surface area (Å²) in [5, 5.41) is 7.26. The summed E-state index contributed by atoms with van der Waals surface area (Å²) >= 11 is 6.00. The summed E-state index contributed by atoms with van der Waals surface area (Å²) in [5.41, 5.74) is 2.40. The number of likely N-dealkylation sites (tertiary alicyclic amines) is 1. The molecule has 0 unspecified atom stereocenters. The van der Waals surface area contributed by atoms with E-state index in [9.17, 15) is 4.79 Å². The van der Waals surface area contributed by atoms with Gasteiger partial charge in [-0.15, -0.1) is 0 Å². The lowest BCUT2D eigenvalue weighted by Gasteiger charge is -2.46. The average molecular weight is 343 g/mol. The Morgan fingerprint density at radius 3 is 2.62 bits per heavy atom. The van der Waals surface area contributed by atoms with Gasteiger partial charge in [-0.1, -0.05) is 11.6 Å². The first kappa shape index (κ1) is 15.4. The summed E-state index contributed by atoms with van der Waals surface area (Å²) in [6.07, 6.45) is 5.38. The third-order valence-electron chi connectivity index (χ3n) is 4.82. The lowest BCUT2D eigenvalue weighted by atomic mass is 9.92. The van der Waals surface area contributed by atoms with Crippen LogP contribution in [0.25, 0.3) is 0 Å². The fourth-order valence-electron chi connectivity index (χ4n) is 3.48. The van der Waals surface area contributed by atoms with E-state index < -0.39 is 0 Å². The quantitative estimate of drug-likeness (QED) is 0.881. The molecular weight excluding hydrogens is 324 g/mol. The zero-order valence-electron chi connectivity index (χ0n) is 13.3. The lowest BCUT2D eigenvalue weighted by molar-refractivity contribution is 0.0822. The maximum atomic E-state index is 12.5. The van der Waals surface area contributed by atoms with Gasteiger partial charge in [0.2, 0.25) is 0 Å². The minimum atomic E-state index is -0.355. The van der Waals surface area contributed by atoms with E-state index in [-0.39, 0.29) is 11.6 Å². The number of amides is 1. The van der Waals surface area contributed by atoms with Gasteiger partial charge in [0.05, 0.1) is 5.56 Å². The molecule has 6 heteroatoms.